The molecule has 24 heavy (non-hydrogen) atoms. The van der Waals surface area contributed by atoms with Crippen molar-refractivity contribution < 1.29 is 0 Å². The first-order chi connectivity index (χ1) is 11.8. The van der Waals surface area contributed by atoms with Crippen molar-refractivity contribution in [3.8, 4) is 11.1 Å². The van der Waals surface area contributed by atoms with E-state index in [1.807, 2.05) is 0 Å². The molecule has 0 aliphatic carbocycles. The molecule has 0 fully saturated rings. The van der Waals surface area contributed by atoms with Crippen LogP contribution >= 0.6 is 15.9 Å². The highest BCUT2D eigenvalue weighted by molar-refractivity contribution is 9.10. The Morgan fingerprint density at radius 2 is 1.38 bits per heavy atom. The van der Waals surface area contributed by atoms with Gasteiger partial charge in [-0.25, -0.2) is 0 Å². The molecule has 1 nitrogen and oxygen atoms in total. The minimum atomic E-state index is 1.10. The molecule has 0 amide bonds. The molecule has 1 aromatic heterocycles. The molecule has 5 rings (SSSR count). The third kappa shape index (κ3) is 2.07. The summed E-state index contributed by atoms with van der Waals surface area (Å²) in [5.41, 5.74) is 4.84. The van der Waals surface area contributed by atoms with Gasteiger partial charge in [0.15, 0.2) is 0 Å². The maximum Gasteiger partial charge on any atom is 0.0471 e. The summed E-state index contributed by atoms with van der Waals surface area (Å²) in [6.07, 6.45) is 0. The molecule has 4 aromatic carbocycles. The first kappa shape index (κ1) is 13.8. The molecule has 0 bridgehead atoms. The van der Waals surface area contributed by atoms with Gasteiger partial charge in [-0.2, -0.15) is 0 Å². The first-order valence-corrected chi connectivity index (χ1v) is 8.78. The number of halogens is 1. The Hall–Kier alpha value is -2.58. The minimum absolute atomic E-state index is 1.10. The Morgan fingerprint density at radius 3 is 2.25 bits per heavy atom. The average Bonchev–Trinajstić information content (AvgIpc) is 3.00. The van der Waals surface area contributed by atoms with E-state index in [1.54, 1.807) is 0 Å². The van der Waals surface area contributed by atoms with Crippen molar-refractivity contribution in [2.45, 2.75) is 0 Å². The van der Waals surface area contributed by atoms with Gasteiger partial charge in [-0.1, -0.05) is 64.5 Å². The highest BCUT2D eigenvalue weighted by Crippen LogP contribution is 2.34. The molecule has 2 heteroatoms. The summed E-state index contributed by atoms with van der Waals surface area (Å²) in [7, 11) is 0. The standard InChI is InChI=1S/C22H14BrN/c23-17-9-5-14(6-10-17)16-8-11-20-19(13-16)22-18-4-2-1-3-15(18)7-12-21(22)24-20/h1-13,24H. The van der Waals surface area contributed by atoms with Gasteiger partial charge in [0.2, 0.25) is 0 Å². The fraction of sp³-hybridized carbons (Fsp3) is 0. The van der Waals surface area contributed by atoms with Crippen LogP contribution in [-0.2, 0) is 0 Å². The number of fused-ring (bicyclic) bond motifs is 5. The zero-order valence-electron chi connectivity index (χ0n) is 12.9. The van der Waals surface area contributed by atoms with E-state index in [9.17, 15) is 0 Å². The molecule has 0 aliphatic heterocycles. The summed E-state index contributed by atoms with van der Waals surface area (Å²) in [4.78, 5) is 3.55. The van der Waals surface area contributed by atoms with Crippen LogP contribution in [0.1, 0.15) is 0 Å². The Labute approximate surface area is 148 Å². The van der Waals surface area contributed by atoms with Gasteiger partial charge < -0.3 is 4.98 Å². The summed E-state index contributed by atoms with van der Waals surface area (Å²) < 4.78 is 1.10. The van der Waals surface area contributed by atoms with E-state index in [-0.39, 0.29) is 0 Å². The second-order valence-electron chi connectivity index (χ2n) is 6.10. The molecule has 0 atom stereocenters. The first-order valence-electron chi connectivity index (χ1n) is 7.99. The van der Waals surface area contributed by atoms with Crippen LogP contribution < -0.4 is 0 Å². The predicted octanol–water partition coefficient (Wildman–Crippen LogP) is 6.90. The second-order valence-corrected chi connectivity index (χ2v) is 7.02. The van der Waals surface area contributed by atoms with Crippen molar-refractivity contribution in [1.29, 1.82) is 0 Å². The van der Waals surface area contributed by atoms with Gasteiger partial charge in [0.25, 0.3) is 0 Å². The maximum atomic E-state index is 3.55. The van der Waals surface area contributed by atoms with Gasteiger partial charge >= 0.3 is 0 Å². The molecule has 0 spiro atoms. The number of benzene rings is 4. The van der Waals surface area contributed by atoms with Crippen LogP contribution in [0.15, 0.2) is 83.3 Å². The van der Waals surface area contributed by atoms with Crippen LogP contribution in [-0.4, -0.2) is 4.98 Å². The quantitative estimate of drug-likeness (QED) is 0.329. The van der Waals surface area contributed by atoms with E-state index in [4.69, 9.17) is 0 Å². The third-order valence-electron chi connectivity index (χ3n) is 4.66. The van der Waals surface area contributed by atoms with E-state index >= 15 is 0 Å². The summed E-state index contributed by atoms with van der Waals surface area (Å²) in [6, 6.07) is 28.1. The molecular formula is C22H14BrN. The number of rotatable bonds is 1. The number of hydrogen-bond acceptors (Lipinski definition) is 0. The fourth-order valence-corrected chi connectivity index (χ4v) is 3.76. The van der Waals surface area contributed by atoms with Crippen molar-refractivity contribution in [2.24, 2.45) is 0 Å². The fourth-order valence-electron chi connectivity index (χ4n) is 3.49. The van der Waals surface area contributed by atoms with Gasteiger partial charge in [-0.3, -0.25) is 0 Å². The number of aromatic amines is 1. The van der Waals surface area contributed by atoms with Gasteiger partial charge in [-0.15, -0.1) is 0 Å². The third-order valence-corrected chi connectivity index (χ3v) is 5.19. The molecule has 0 radical (unpaired) electrons. The maximum absolute atomic E-state index is 3.55. The molecule has 0 saturated carbocycles. The molecule has 0 saturated heterocycles. The Bertz CT molecular complexity index is 1200. The largest absolute Gasteiger partial charge is 0.354 e. The average molecular weight is 372 g/mol. The van der Waals surface area contributed by atoms with E-state index in [0.717, 1.165) is 4.47 Å². The lowest BCUT2D eigenvalue weighted by Gasteiger charge is -2.04. The van der Waals surface area contributed by atoms with Crippen LogP contribution in [0, 0.1) is 0 Å². The molecular weight excluding hydrogens is 358 g/mol. The number of nitrogens with one attached hydrogen (secondary N) is 1. The normalized spacial score (nSPS) is 11.5. The molecule has 0 unspecified atom stereocenters. The van der Waals surface area contributed by atoms with Crippen molar-refractivity contribution in [1.82, 2.24) is 4.98 Å². The van der Waals surface area contributed by atoms with Gasteiger partial charge in [0, 0.05) is 26.3 Å². The van der Waals surface area contributed by atoms with Crippen LogP contribution in [0.2, 0.25) is 0 Å². The summed E-state index contributed by atoms with van der Waals surface area (Å²) in [6.45, 7) is 0. The smallest absolute Gasteiger partial charge is 0.0471 e. The van der Waals surface area contributed by atoms with Crippen LogP contribution in [0.5, 0.6) is 0 Å². The Morgan fingerprint density at radius 1 is 0.625 bits per heavy atom. The lowest BCUT2D eigenvalue weighted by molar-refractivity contribution is 1.54. The monoisotopic (exact) mass is 371 g/mol. The Kier molecular flexibility index (Phi) is 3.00. The predicted molar refractivity (Wildman–Crippen MR) is 106 cm³/mol. The van der Waals surface area contributed by atoms with E-state index in [0.29, 0.717) is 0 Å². The molecule has 1 heterocycles. The minimum Gasteiger partial charge on any atom is -0.354 e. The van der Waals surface area contributed by atoms with E-state index < -0.39 is 0 Å². The summed E-state index contributed by atoms with van der Waals surface area (Å²) in [5.74, 6) is 0. The number of aromatic nitrogens is 1. The number of H-pyrrole nitrogens is 1. The van der Waals surface area contributed by atoms with Gasteiger partial charge in [0.05, 0.1) is 0 Å². The van der Waals surface area contributed by atoms with Crippen molar-refractivity contribution in [3.05, 3.63) is 83.3 Å². The van der Waals surface area contributed by atoms with Gasteiger partial charge in [-0.05, 0) is 52.2 Å². The Balaban J connectivity index is 1.86. The highest BCUT2D eigenvalue weighted by Gasteiger charge is 2.09. The van der Waals surface area contributed by atoms with Gasteiger partial charge in [0.1, 0.15) is 0 Å². The van der Waals surface area contributed by atoms with Crippen LogP contribution in [0.3, 0.4) is 0 Å². The topological polar surface area (TPSA) is 15.8 Å². The molecule has 114 valence electrons. The summed E-state index contributed by atoms with van der Waals surface area (Å²) in [5, 5.41) is 5.17. The zero-order valence-corrected chi connectivity index (χ0v) is 14.5. The lowest BCUT2D eigenvalue weighted by atomic mass is 10.0. The van der Waals surface area contributed by atoms with Crippen molar-refractivity contribution in [2.75, 3.05) is 0 Å². The number of hydrogen-bond donors (Lipinski definition) is 1. The van der Waals surface area contributed by atoms with E-state index in [1.165, 1.54) is 43.7 Å². The second kappa shape index (κ2) is 5.22. The highest BCUT2D eigenvalue weighted by atomic mass is 79.9. The van der Waals surface area contributed by atoms with Crippen molar-refractivity contribution in [3.63, 3.8) is 0 Å². The molecule has 0 aliphatic rings. The van der Waals surface area contributed by atoms with Crippen molar-refractivity contribution >= 4 is 48.5 Å². The SMILES string of the molecule is Brc1ccc(-c2ccc3[nH]c4ccc5ccccc5c4c3c2)cc1. The summed E-state index contributed by atoms with van der Waals surface area (Å²) >= 11 is 3.51. The van der Waals surface area contributed by atoms with E-state index in [2.05, 4.69) is 99.8 Å². The van der Waals surface area contributed by atoms with Crippen LogP contribution in [0.4, 0.5) is 0 Å². The van der Waals surface area contributed by atoms with Crippen LogP contribution in [0.25, 0.3) is 43.7 Å². The zero-order chi connectivity index (χ0) is 16.1. The molecule has 5 aromatic rings. The lowest BCUT2D eigenvalue weighted by Crippen LogP contribution is -1.78. The molecule has 1 N–H and O–H groups in total.